The Morgan fingerprint density at radius 3 is 2.39 bits per heavy atom. The number of phenols is 2. The molecule has 0 heterocycles. The summed E-state index contributed by atoms with van der Waals surface area (Å²) >= 11 is 0. The standard InChI is InChI=1S/C16H19N3O4/c1-22-11-4-5-13(16(8-11)23-2)19(18)9-12(17)10-3-6-14(20)15(21)7-10/h3-9,20-21H,17-18H2,1-2H3/b12-9-. The second kappa shape index (κ2) is 6.80. The maximum absolute atomic E-state index is 9.53. The average molecular weight is 317 g/mol. The predicted octanol–water partition coefficient (Wildman–Crippen LogP) is 1.75. The van der Waals surface area contributed by atoms with Crippen LogP contribution in [-0.2, 0) is 0 Å². The van der Waals surface area contributed by atoms with Crippen LogP contribution in [0.1, 0.15) is 5.56 Å². The number of phenolic OH excluding ortho intramolecular Hbond substituents is 2. The van der Waals surface area contributed by atoms with Crippen molar-refractivity contribution in [2.75, 3.05) is 19.2 Å². The number of anilines is 1. The Balaban J connectivity index is 2.32. The Labute approximate surface area is 133 Å². The van der Waals surface area contributed by atoms with Crippen molar-refractivity contribution in [3.8, 4) is 23.0 Å². The fourth-order valence-electron chi connectivity index (χ4n) is 2.00. The first-order chi connectivity index (χ1) is 11.0. The summed E-state index contributed by atoms with van der Waals surface area (Å²) in [6.07, 6.45) is 1.48. The van der Waals surface area contributed by atoms with Crippen LogP contribution in [0.25, 0.3) is 5.70 Å². The van der Waals surface area contributed by atoms with Crippen LogP contribution in [-0.4, -0.2) is 24.4 Å². The molecule has 0 saturated carbocycles. The van der Waals surface area contributed by atoms with Gasteiger partial charge in [0.05, 0.1) is 25.6 Å². The minimum absolute atomic E-state index is 0.219. The Morgan fingerprint density at radius 1 is 1.04 bits per heavy atom. The van der Waals surface area contributed by atoms with Crippen molar-refractivity contribution in [3.05, 3.63) is 48.2 Å². The molecule has 7 heteroatoms. The number of benzene rings is 2. The third kappa shape index (κ3) is 3.58. The van der Waals surface area contributed by atoms with Crippen LogP contribution in [0.4, 0.5) is 5.69 Å². The Hall–Kier alpha value is -3.06. The number of nitrogens with zero attached hydrogens (tertiary/aromatic N) is 1. The van der Waals surface area contributed by atoms with Gasteiger partial charge in [0.2, 0.25) is 0 Å². The van der Waals surface area contributed by atoms with E-state index in [1.807, 2.05) is 0 Å². The first-order valence-corrected chi connectivity index (χ1v) is 6.72. The molecule has 7 nitrogen and oxygen atoms in total. The SMILES string of the molecule is COc1ccc(N(N)/C=C(\N)c2ccc(O)c(O)c2)c(OC)c1. The van der Waals surface area contributed by atoms with Gasteiger partial charge in [-0.1, -0.05) is 0 Å². The fourth-order valence-corrected chi connectivity index (χ4v) is 2.00. The van der Waals surface area contributed by atoms with E-state index < -0.39 is 0 Å². The van der Waals surface area contributed by atoms with E-state index in [1.54, 1.807) is 31.4 Å². The number of nitrogens with two attached hydrogens (primary N) is 2. The lowest BCUT2D eigenvalue weighted by molar-refractivity contribution is 0.394. The summed E-state index contributed by atoms with van der Waals surface area (Å²) in [6.45, 7) is 0. The molecule has 0 saturated heterocycles. The first kappa shape index (κ1) is 16.3. The van der Waals surface area contributed by atoms with Gasteiger partial charge in [0.15, 0.2) is 11.5 Å². The molecule has 6 N–H and O–H groups in total. The van der Waals surface area contributed by atoms with Crippen LogP contribution < -0.4 is 26.1 Å². The van der Waals surface area contributed by atoms with Gasteiger partial charge in [0.1, 0.15) is 11.5 Å². The highest BCUT2D eigenvalue weighted by molar-refractivity contribution is 5.70. The minimum atomic E-state index is -0.260. The van der Waals surface area contributed by atoms with Crippen LogP contribution in [0.15, 0.2) is 42.6 Å². The quantitative estimate of drug-likeness (QED) is 0.377. The normalized spacial score (nSPS) is 11.2. The van der Waals surface area contributed by atoms with E-state index in [0.29, 0.717) is 28.4 Å². The van der Waals surface area contributed by atoms with Gasteiger partial charge in [-0.2, -0.15) is 0 Å². The van der Waals surface area contributed by atoms with Gasteiger partial charge >= 0.3 is 0 Å². The number of methoxy groups -OCH3 is 2. The Morgan fingerprint density at radius 2 is 1.78 bits per heavy atom. The van der Waals surface area contributed by atoms with Crippen LogP contribution >= 0.6 is 0 Å². The summed E-state index contributed by atoms with van der Waals surface area (Å²) in [7, 11) is 3.08. The van der Waals surface area contributed by atoms with Gasteiger partial charge < -0.3 is 25.4 Å². The lowest BCUT2D eigenvalue weighted by Gasteiger charge is -2.19. The molecule has 0 unspecified atom stereocenters. The van der Waals surface area contributed by atoms with Gasteiger partial charge in [-0.15, -0.1) is 0 Å². The highest BCUT2D eigenvalue weighted by Crippen LogP contribution is 2.32. The van der Waals surface area contributed by atoms with Gasteiger partial charge in [0, 0.05) is 17.8 Å². The molecule has 2 aromatic rings. The van der Waals surface area contributed by atoms with Gasteiger partial charge in [-0.05, 0) is 30.3 Å². The smallest absolute Gasteiger partial charge is 0.158 e. The zero-order chi connectivity index (χ0) is 17.0. The molecule has 0 aliphatic carbocycles. The molecule has 0 aliphatic rings. The topological polar surface area (TPSA) is 114 Å². The van der Waals surface area contributed by atoms with Gasteiger partial charge in [0.25, 0.3) is 0 Å². The molecule has 0 spiro atoms. The molecule has 2 rings (SSSR count). The number of hydrazine groups is 1. The Kier molecular flexibility index (Phi) is 4.82. The van der Waals surface area contributed by atoms with Crippen molar-refractivity contribution in [1.29, 1.82) is 0 Å². The highest BCUT2D eigenvalue weighted by atomic mass is 16.5. The molecule has 0 aliphatic heterocycles. The van der Waals surface area contributed by atoms with Crippen LogP contribution in [0, 0.1) is 0 Å². The maximum atomic E-state index is 9.53. The first-order valence-electron chi connectivity index (χ1n) is 6.72. The zero-order valence-corrected chi connectivity index (χ0v) is 12.9. The monoisotopic (exact) mass is 317 g/mol. The summed E-state index contributed by atoms with van der Waals surface area (Å²) in [4.78, 5) is 0. The molecule has 122 valence electrons. The van der Waals surface area contributed by atoms with Crippen molar-refractivity contribution in [3.63, 3.8) is 0 Å². The van der Waals surface area contributed by atoms with Crippen molar-refractivity contribution in [1.82, 2.24) is 0 Å². The highest BCUT2D eigenvalue weighted by Gasteiger charge is 2.10. The van der Waals surface area contributed by atoms with Crippen molar-refractivity contribution < 1.29 is 19.7 Å². The number of aromatic hydroxyl groups is 2. The zero-order valence-electron chi connectivity index (χ0n) is 12.9. The minimum Gasteiger partial charge on any atom is -0.504 e. The van der Waals surface area contributed by atoms with E-state index >= 15 is 0 Å². The molecule has 0 fully saturated rings. The lowest BCUT2D eigenvalue weighted by Crippen LogP contribution is -2.26. The summed E-state index contributed by atoms with van der Waals surface area (Å²) in [5, 5.41) is 20.2. The van der Waals surface area contributed by atoms with Crippen molar-refractivity contribution in [2.24, 2.45) is 11.6 Å². The third-order valence-electron chi connectivity index (χ3n) is 3.25. The van der Waals surface area contributed by atoms with E-state index in [0.717, 1.165) is 0 Å². The van der Waals surface area contributed by atoms with E-state index in [1.165, 1.54) is 30.5 Å². The van der Waals surface area contributed by atoms with E-state index in [4.69, 9.17) is 21.1 Å². The number of ether oxygens (including phenoxy) is 2. The lowest BCUT2D eigenvalue weighted by atomic mass is 10.1. The molecular weight excluding hydrogens is 298 g/mol. The summed E-state index contributed by atoms with van der Waals surface area (Å²) in [5.74, 6) is 6.69. The van der Waals surface area contributed by atoms with Crippen LogP contribution in [0.5, 0.6) is 23.0 Å². The fraction of sp³-hybridized carbons (Fsp3) is 0.125. The second-order valence-electron chi connectivity index (χ2n) is 4.73. The van der Waals surface area contributed by atoms with Crippen molar-refractivity contribution in [2.45, 2.75) is 0 Å². The van der Waals surface area contributed by atoms with Crippen LogP contribution in [0.2, 0.25) is 0 Å². The number of hydrogen-bond donors (Lipinski definition) is 4. The molecule has 23 heavy (non-hydrogen) atoms. The van der Waals surface area contributed by atoms with E-state index in [9.17, 15) is 10.2 Å². The summed E-state index contributed by atoms with van der Waals surface area (Å²) in [5.41, 5.74) is 7.39. The van der Waals surface area contributed by atoms with Gasteiger partial charge in [-0.25, -0.2) is 5.84 Å². The molecule has 0 amide bonds. The molecular formula is C16H19N3O4. The maximum Gasteiger partial charge on any atom is 0.158 e. The molecule has 0 radical (unpaired) electrons. The van der Waals surface area contributed by atoms with Crippen molar-refractivity contribution >= 4 is 11.4 Å². The van der Waals surface area contributed by atoms with E-state index in [2.05, 4.69) is 0 Å². The average Bonchev–Trinajstić information content (AvgIpc) is 2.56. The molecule has 2 aromatic carbocycles. The van der Waals surface area contributed by atoms with E-state index in [-0.39, 0.29) is 11.5 Å². The summed E-state index contributed by atoms with van der Waals surface area (Å²) < 4.78 is 10.4. The number of rotatable bonds is 5. The van der Waals surface area contributed by atoms with Crippen LogP contribution in [0.3, 0.4) is 0 Å². The molecule has 0 bridgehead atoms. The Bertz CT molecular complexity index is 731. The molecule has 0 atom stereocenters. The summed E-state index contributed by atoms with van der Waals surface area (Å²) in [6, 6.07) is 9.44. The van der Waals surface area contributed by atoms with Gasteiger partial charge in [-0.3, -0.25) is 5.01 Å². The largest absolute Gasteiger partial charge is 0.504 e. The second-order valence-corrected chi connectivity index (χ2v) is 4.73. The molecule has 0 aromatic heterocycles. The third-order valence-corrected chi connectivity index (χ3v) is 3.25. The number of hydrogen-bond acceptors (Lipinski definition) is 7. The predicted molar refractivity (Wildman–Crippen MR) is 88.1 cm³/mol.